The molecule has 2 aromatic carbocycles. The van der Waals surface area contributed by atoms with Gasteiger partial charge in [-0.2, -0.15) is 17.6 Å². The highest BCUT2D eigenvalue weighted by Gasteiger charge is 2.61. The maximum Gasteiger partial charge on any atom is 0.494 e. The van der Waals surface area contributed by atoms with Crippen LogP contribution in [0.2, 0.25) is 0 Å². The lowest BCUT2D eigenvalue weighted by Crippen LogP contribution is -2.47. The van der Waals surface area contributed by atoms with Crippen molar-refractivity contribution in [2.45, 2.75) is 44.3 Å². The van der Waals surface area contributed by atoms with E-state index in [9.17, 15) is 22.4 Å². The van der Waals surface area contributed by atoms with Crippen LogP contribution in [-0.4, -0.2) is 43.4 Å². The standard InChI is InChI=1S/C23H25ClF4O5/c1-3-4-13-30-14-15-31-22(25,26)23(27,28)33-20-11-7-18(8-12-20)17-5-9-19(10-6-17)32-21(29)16(2)24/h5-12,16H,3-4,13-15H2,1-2H3. The van der Waals surface area contributed by atoms with E-state index in [-0.39, 0.29) is 12.4 Å². The fraction of sp³-hybridized carbons (Fsp3) is 0.435. The van der Waals surface area contributed by atoms with Crippen molar-refractivity contribution in [1.82, 2.24) is 0 Å². The van der Waals surface area contributed by atoms with E-state index >= 15 is 0 Å². The molecule has 182 valence electrons. The summed E-state index contributed by atoms with van der Waals surface area (Å²) in [5.74, 6) is -0.779. The summed E-state index contributed by atoms with van der Waals surface area (Å²) in [5, 5.41) is -0.799. The number of unbranched alkanes of at least 4 members (excludes halogenated alkanes) is 1. The molecular weight excluding hydrogens is 468 g/mol. The van der Waals surface area contributed by atoms with E-state index in [1.807, 2.05) is 6.92 Å². The molecule has 0 bridgehead atoms. The van der Waals surface area contributed by atoms with Crippen molar-refractivity contribution in [2.24, 2.45) is 0 Å². The minimum Gasteiger partial charge on any atom is -0.426 e. The molecule has 0 aromatic heterocycles. The average molecular weight is 493 g/mol. The normalized spacial score (nSPS) is 12.9. The summed E-state index contributed by atoms with van der Waals surface area (Å²) in [6, 6.07) is 11.5. The molecule has 0 amide bonds. The molecule has 5 nitrogen and oxygen atoms in total. The Kier molecular flexibility index (Phi) is 9.94. The largest absolute Gasteiger partial charge is 0.494 e. The molecule has 0 N–H and O–H groups in total. The van der Waals surface area contributed by atoms with Gasteiger partial charge in [0.1, 0.15) is 16.9 Å². The second kappa shape index (κ2) is 12.2. The van der Waals surface area contributed by atoms with Crippen LogP contribution in [0.3, 0.4) is 0 Å². The molecule has 0 heterocycles. The van der Waals surface area contributed by atoms with Gasteiger partial charge in [-0.15, -0.1) is 11.6 Å². The van der Waals surface area contributed by atoms with Crippen LogP contribution >= 0.6 is 11.6 Å². The Morgan fingerprint density at radius 2 is 1.42 bits per heavy atom. The number of hydrogen-bond donors (Lipinski definition) is 0. The molecular formula is C23H25ClF4O5. The quantitative estimate of drug-likeness (QED) is 0.108. The van der Waals surface area contributed by atoms with Crippen molar-refractivity contribution < 1.29 is 41.3 Å². The van der Waals surface area contributed by atoms with Crippen molar-refractivity contribution in [2.75, 3.05) is 19.8 Å². The second-order valence-electron chi connectivity index (χ2n) is 7.04. The molecule has 1 unspecified atom stereocenters. The zero-order valence-electron chi connectivity index (χ0n) is 18.2. The zero-order valence-corrected chi connectivity index (χ0v) is 18.9. The minimum atomic E-state index is -4.89. The smallest absolute Gasteiger partial charge is 0.426 e. The summed E-state index contributed by atoms with van der Waals surface area (Å²) < 4.78 is 73.8. The first-order valence-corrected chi connectivity index (χ1v) is 10.7. The number of hydrogen-bond acceptors (Lipinski definition) is 5. The molecule has 0 radical (unpaired) electrons. The highest BCUT2D eigenvalue weighted by atomic mass is 35.5. The summed E-state index contributed by atoms with van der Waals surface area (Å²) in [6.45, 7) is 2.81. The molecule has 33 heavy (non-hydrogen) atoms. The number of alkyl halides is 5. The van der Waals surface area contributed by atoms with Gasteiger partial charge < -0.3 is 18.9 Å². The van der Waals surface area contributed by atoms with Crippen LogP contribution < -0.4 is 9.47 Å². The van der Waals surface area contributed by atoms with Crippen LogP contribution in [-0.2, 0) is 14.3 Å². The number of esters is 1. The van der Waals surface area contributed by atoms with Crippen LogP contribution in [0, 0.1) is 0 Å². The average Bonchev–Trinajstić information content (AvgIpc) is 2.77. The summed E-state index contributed by atoms with van der Waals surface area (Å²) in [4.78, 5) is 11.5. The number of rotatable bonds is 13. The highest BCUT2D eigenvalue weighted by Crippen LogP contribution is 2.37. The molecule has 2 aromatic rings. The Labute approximate surface area is 194 Å². The summed E-state index contributed by atoms with van der Waals surface area (Å²) in [5.41, 5.74) is 1.27. The Hall–Kier alpha value is -2.36. The first kappa shape index (κ1) is 26.9. The summed E-state index contributed by atoms with van der Waals surface area (Å²) in [6.07, 6.45) is -8.14. The first-order valence-electron chi connectivity index (χ1n) is 10.3. The van der Waals surface area contributed by atoms with Gasteiger partial charge in [-0.1, -0.05) is 37.6 Å². The van der Waals surface area contributed by atoms with E-state index in [1.165, 1.54) is 31.2 Å². The van der Waals surface area contributed by atoms with E-state index in [4.69, 9.17) is 21.1 Å². The van der Waals surface area contributed by atoms with Crippen molar-refractivity contribution in [3.63, 3.8) is 0 Å². The van der Waals surface area contributed by atoms with Crippen LogP contribution in [0.1, 0.15) is 26.7 Å². The lowest BCUT2D eigenvalue weighted by molar-refractivity contribution is -0.408. The third kappa shape index (κ3) is 8.17. The van der Waals surface area contributed by atoms with Crippen molar-refractivity contribution in [3.8, 4) is 22.6 Å². The fourth-order valence-corrected chi connectivity index (χ4v) is 2.54. The topological polar surface area (TPSA) is 54.0 Å². The van der Waals surface area contributed by atoms with Gasteiger partial charge in [-0.05, 0) is 48.7 Å². The van der Waals surface area contributed by atoms with Crippen molar-refractivity contribution in [1.29, 1.82) is 0 Å². The Balaban J connectivity index is 1.95. The Bertz CT molecular complexity index is 873. The van der Waals surface area contributed by atoms with Gasteiger partial charge in [0.25, 0.3) is 0 Å². The van der Waals surface area contributed by atoms with Crippen molar-refractivity contribution >= 4 is 17.6 Å². The molecule has 0 aliphatic heterocycles. The number of carbonyl (C=O) groups excluding carboxylic acids is 1. The van der Waals surface area contributed by atoms with Gasteiger partial charge in [-0.3, -0.25) is 4.79 Å². The van der Waals surface area contributed by atoms with Gasteiger partial charge in [0.15, 0.2) is 0 Å². The van der Waals surface area contributed by atoms with E-state index in [0.717, 1.165) is 25.0 Å². The van der Waals surface area contributed by atoms with Crippen LogP contribution in [0.25, 0.3) is 11.1 Å². The van der Waals surface area contributed by atoms with E-state index in [2.05, 4.69) is 9.47 Å². The molecule has 10 heteroatoms. The summed E-state index contributed by atoms with van der Waals surface area (Å²) in [7, 11) is 0. The maximum atomic E-state index is 14.0. The second-order valence-corrected chi connectivity index (χ2v) is 7.69. The molecule has 0 aliphatic carbocycles. The Morgan fingerprint density at radius 1 is 0.879 bits per heavy atom. The van der Waals surface area contributed by atoms with Crippen LogP contribution in [0.4, 0.5) is 17.6 Å². The third-order valence-electron chi connectivity index (χ3n) is 4.32. The van der Waals surface area contributed by atoms with Gasteiger partial charge in [0, 0.05) is 6.61 Å². The predicted molar refractivity (Wildman–Crippen MR) is 115 cm³/mol. The molecule has 0 spiro atoms. The number of benzene rings is 2. The highest BCUT2D eigenvalue weighted by molar-refractivity contribution is 6.29. The number of halogens is 5. The van der Waals surface area contributed by atoms with Crippen LogP contribution in [0.15, 0.2) is 48.5 Å². The summed E-state index contributed by atoms with van der Waals surface area (Å²) >= 11 is 5.64. The van der Waals surface area contributed by atoms with Gasteiger partial charge in [0.2, 0.25) is 0 Å². The molecule has 0 fully saturated rings. The fourth-order valence-electron chi connectivity index (χ4n) is 2.50. The molecule has 0 saturated carbocycles. The third-order valence-corrected chi connectivity index (χ3v) is 4.50. The number of carbonyl (C=O) groups is 1. The van der Waals surface area contributed by atoms with E-state index in [0.29, 0.717) is 17.7 Å². The van der Waals surface area contributed by atoms with Crippen molar-refractivity contribution in [3.05, 3.63) is 48.5 Å². The lowest BCUT2D eigenvalue weighted by atomic mass is 10.1. The number of ether oxygens (including phenoxy) is 4. The molecule has 1 atom stereocenters. The molecule has 2 rings (SSSR count). The van der Waals surface area contributed by atoms with Gasteiger partial charge >= 0.3 is 18.2 Å². The Morgan fingerprint density at radius 3 is 1.94 bits per heavy atom. The minimum absolute atomic E-state index is 0.233. The van der Waals surface area contributed by atoms with Gasteiger partial charge in [-0.25, -0.2) is 0 Å². The monoisotopic (exact) mass is 492 g/mol. The van der Waals surface area contributed by atoms with E-state index < -0.39 is 35.9 Å². The maximum absolute atomic E-state index is 14.0. The van der Waals surface area contributed by atoms with Gasteiger partial charge in [0.05, 0.1) is 13.2 Å². The van der Waals surface area contributed by atoms with E-state index in [1.54, 1.807) is 12.1 Å². The molecule has 0 saturated heterocycles. The lowest BCUT2D eigenvalue weighted by Gasteiger charge is -2.26. The SMILES string of the molecule is CCCCOCCOC(F)(F)C(F)(F)Oc1ccc(-c2ccc(OC(=O)C(C)Cl)cc2)cc1. The molecule has 0 aliphatic rings. The zero-order chi connectivity index (χ0) is 24.5. The predicted octanol–water partition coefficient (Wildman–Crippen LogP) is 6.28. The van der Waals surface area contributed by atoms with Crippen LogP contribution in [0.5, 0.6) is 11.5 Å². The first-order chi connectivity index (χ1) is 15.6.